The Morgan fingerprint density at radius 3 is 1.24 bits per heavy atom. The predicted octanol–water partition coefficient (Wildman–Crippen LogP) is -3.83. The first-order valence-electron chi connectivity index (χ1n) is 7.14. The summed E-state index contributed by atoms with van der Waals surface area (Å²) in [5, 5.41) is 20.8. The van der Waals surface area contributed by atoms with Gasteiger partial charge in [-0.3, -0.25) is 29.0 Å². The number of amides is 4. The topological polar surface area (TPSA) is 155 Å². The van der Waals surface area contributed by atoms with E-state index in [4.69, 9.17) is 0 Å². The van der Waals surface area contributed by atoms with Gasteiger partial charge in [0.25, 0.3) is 0 Å². The van der Waals surface area contributed by atoms with Gasteiger partial charge in [-0.15, -0.1) is 0 Å². The summed E-state index contributed by atoms with van der Waals surface area (Å²) >= 11 is 0. The van der Waals surface area contributed by atoms with Gasteiger partial charge in [0.1, 0.15) is 0 Å². The Kier molecular flexibility index (Phi) is 9.23. The number of carboxylic acid groups (broad SMARTS) is 2. The number of carbonyl (C=O) groups excluding carboxylic acids is 6. The summed E-state index contributed by atoms with van der Waals surface area (Å²) in [6.45, 7) is 2.33. The van der Waals surface area contributed by atoms with Crippen molar-refractivity contribution in [3.8, 4) is 0 Å². The molecule has 25 heavy (non-hydrogen) atoms. The van der Waals surface area contributed by atoms with E-state index in [0.29, 0.717) is 0 Å². The SMILES string of the molecule is CC(=O)N1C(=O)CC[C@H]1C(=O)[O-].CC(=O)N1C(=O)CC[C@H]1C(=O)[O-].[Ca+2]. The van der Waals surface area contributed by atoms with Crippen LogP contribution in [0.2, 0.25) is 0 Å². The van der Waals surface area contributed by atoms with Gasteiger partial charge in [0.05, 0.1) is 24.0 Å². The van der Waals surface area contributed by atoms with Gasteiger partial charge < -0.3 is 19.8 Å². The molecule has 0 N–H and O–H groups in total. The summed E-state index contributed by atoms with van der Waals surface area (Å²) in [5.74, 6) is -4.67. The molecule has 0 aromatic heterocycles. The number of aliphatic carboxylic acids is 2. The summed E-state index contributed by atoms with van der Waals surface area (Å²) in [5.41, 5.74) is 0. The largest absolute Gasteiger partial charge is 2.00 e. The van der Waals surface area contributed by atoms with Gasteiger partial charge in [0.15, 0.2) is 0 Å². The van der Waals surface area contributed by atoms with E-state index < -0.39 is 47.7 Å². The molecule has 2 fully saturated rings. The Morgan fingerprint density at radius 2 is 1.08 bits per heavy atom. The second-order valence-electron chi connectivity index (χ2n) is 5.31. The van der Waals surface area contributed by atoms with Gasteiger partial charge in [-0.1, -0.05) is 0 Å². The maximum absolute atomic E-state index is 10.9. The van der Waals surface area contributed by atoms with Crippen LogP contribution in [0.1, 0.15) is 39.5 Å². The van der Waals surface area contributed by atoms with Crippen LogP contribution in [0.5, 0.6) is 0 Å². The molecule has 2 aliphatic rings. The van der Waals surface area contributed by atoms with Crippen LogP contribution >= 0.6 is 0 Å². The fraction of sp³-hybridized carbons (Fsp3) is 0.571. The first-order chi connectivity index (χ1) is 11.1. The minimum Gasteiger partial charge on any atom is -0.548 e. The van der Waals surface area contributed by atoms with E-state index in [1.807, 2.05) is 0 Å². The van der Waals surface area contributed by atoms with Gasteiger partial charge in [-0.2, -0.15) is 0 Å². The molecule has 0 aliphatic carbocycles. The van der Waals surface area contributed by atoms with Crippen molar-refractivity contribution in [2.45, 2.75) is 51.6 Å². The van der Waals surface area contributed by atoms with Crippen molar-refractivity contribution in [2.75, 3.05) is 0 Å². The number of nitrogens with zero attached hydrogens (tertiary/aromatic N) is 2. The molecule has 2 rings (SSSR count). The molecule has 132 valence electrons. The van der Waals surface area contributed by atoms with Gasteiger partial charge >= 0.3 is 37.7 Å². The molecule has 0 spiro atoms. The molecule has 11 heteroatoms. The van der Waals surface area contributed by atoms with E-state index >= 15 is 0 Å². The summed E-state index contributed by atoms with van der Waals surface area (Å²) in [4.78, 5) is 65.8. The van der Waals surface area contributed by atoms with Crippen molar-refractivity contribution in [2.24, 2.45) is 0 Å². The Balaban J connectivity index is 0.000000443. The number of carboxylic acids is 2. The zero-order chi connectivity index (χ0) is 18.6. The van der Waals surface area contributed by atoms with Crippen LogP contribution in [-0.4, -0.2) is 95.2 Å². The standard InChI is InChI=1S/2C7H9NO4.Ca/c2*1-4(9)8-5(7(11)12)2-3-6(8)10;/h2*5H,2-3H2,1H3,(H,11,12);/q;;+2/p-2/t2*5-;/m00./s1. The van der Waals surface area contributed by atoms with E-state index in [0.717, 1.165) is 9.80 Å². The number of hydrogen-bond donors (Lipinski definition) is 0. The summed E-state index contributed by atoms with van der Waals surface area (Å²) in [6.07, 6.45) is 0.554. The molecule has 0 bridgehead atoms. The van der Waals surface area contributed by atoms with Crippen LogP contribution in [0.4, 0.5) is 0 Å². The van der Waals surface area contributed by atoms with E-state index in [1.165, 1.54) is 13.8 Å². The average molecular weight is 380 g/mol. The molecule has 0 saturated carbocycles. The zero-order valence-electron chi connectivity index (χ0n) is 13.9. The first kappa shape index (κ1) is 23.5. The Morgan fingerprint density at radius 1 is 0.800 bits per heavy atom. The number of hydrogen-bond acceptors (Lipinski definition) is 8. The van der Waals surface area contributed by atoms with Gasteiger partial charge in [-0.05, 0) is 12.8 Å². The molecule has 4 amide bonds. The maximum atomic E-state index is 10.9. The quantitative estimate of drug-likeness (QED) is 0.441. The molecular formula is C14H16CaN2O8. The fourth-order valence-electron chi connectivity index (χ4n) is 2.60. The van der Waals surface area contributed by atoms with Crippen LogP contribution in [0.25, 0.3) is 0 Å². The van der Waals surface area contributed by atoms with Gasteiger partial charge in [0, 0.05) is 26.7 Å². The van der Waals surface area contributed by atoms with Crippen molar-refractivity contribution in [3.05, 3.63) is 0 Å². The second kappa shape index (κ2) is 9.83. The third-order valence-electron chi connectivity index (χ3n) is 3.65. The third-order valence-corrected chi connectivity index (χ3v) is 3.65. The second-order valence-corrected chi connectivity index (χ2v) is 5.31. The van der Waals surface area contributed by atoms with E-state index in [9.17, 15) is 39.0 Å². The molecular weight excluding hydrogens is 364 g/mol. The smallest absolute Gasteiger partial charge is 0.548 e. The van der Waals surface area contributed by atoms with Crippen molar-refractivity contribution >= 4 is 73.3 Å². The molecule has 0 aromatic carbocycles. The average Bonchev–Trinajstić information content (AvgIpc) is 3.02. The minimum absolute atomic E-state index is 0. The Hall–Kier alpha value is -1.52. The van der Waals surface area contributed by atoms with Crippen molar-refractivity contribution in [1.29, 1.82) is 0 Å². The predicted molar refractivity (Wildman–Crippen MR) is 76.9 cm³/mol. The number of rotatable bonds is 2. The molecule has 2 atom stereocenters. The molecule has 0 radical (unpaired) electrons. The Bertz CT molecular complexity index is 554. The zero-order valence-corrected chi connectivity index (χ0v) is 16.1. The molecule has 2 saturated heterocycles. The van der Waals surface area contributed by atoms with E-state index in [-0.39, 0.29) is 63.4 Å². The fourth-order valence-corrected chi connectivity index (χ4v) is 2.60. The monoisotopic (exact) mass is 380 g/mol. The molecule has 0 aromatic rings. The van der Waals surface area contributed by atoms with E-state index in [2.05, 4.69) is 0 Å². The molecule has 2 aliphatic heterocycles. The Labute approximate surface area is 173 Å². The van der Waals surface area contributed by atoms with Crippen LogP contribution in [0.15, 0.2) is 0 Å². The van der Waals surface area contributed by atoms with Crippen molar-refractivity contribution < 1.29 is 39.0 Å². The summed E-state index contributed by atoms with van der Waals surface area (Å²) in [6, 6.07) is -2.12. The molecule has 0 unspecified atom stereocenters. The summed E-state index contributed by atoms with van der Waals surface area (Å²) in [7, 11) is 0. The molecule has 10 nitrogen and oxygen atoms in total. The number of imide groups is 2. The minimum atomic E-state index is -1.36. The van der Waals surface area contributed by atoms with Crippen LogP contribution in [0.3, 0.4) is 0 Å². The van der Waals surface area contributed by atoms with Gasteiger partial charge in [0.2, 0.25) is 23.6 Å². The summed E-state index contributed by atoms with van der Waals surface area (Å²) < 4.78 is 0. The van der Waals surface area contributed by atoms with Crippen LogP contribution in [-0.2, 0) is 28.8 Å². The van der Waals surface area contributed by atoms with Crippen molar-refractivity contribution in [3.63, 3.8) is 0 Å². The van der Waals surface area contributed by atoms with E-state index in [1.54, 1.807) is 0 Å². The first-order valence-corrected chi connectivity index (χ1v) is 7.14. The normalized spacial score (nSPS) is 22.0. The van der Waals surface area contributed by atoms with Crippen LogP contribution < -0.4 is 10.2 Å². The third kappa shape index (κ3) is 5.75. The maximum Gasteiger partial charge on any atom is 2.00 e. The van der Waals surface area contributed by atoms with Crippen LogP contribution in [0, 0.1) is 0 Å². The molecule has 2 heterocycles. The number of likely N-dealkylation sites (tertiary alicyclic amines) is 2. The number of carbonyl (C=O) groups is 6. The van der Waals surface area contributed by atoms with Gasteiger partial charge in [-0.25, -0.2) is 0 Å². The van der Waals surface area contributed by atoms with Crippen molar-refractivity contribution in [1.82, 2.24) is 9.80 Å².